The number of benzene rings is 1. The van der Waals surface area contributed by atoms with Crippen molar-refractivity contribution in [2.24, 2.45) is 10.8 Å². The smallest absolute Gasteiger partial charge is 0.253 e. The molecule has 1 aromatic carbocycles. The van der Waals surface area contributed by atoms with Crippen LogP contribution in [0.2, 0.25) is 0 Å². The van der Waals surface area contributed by atoms with Gasteiger partial charge in [-0.15, -0.1) is 0 Å². The minimum Gasteiger partial charge on any atom is -0.337 e. The molecule has 2 nitrogen and oxygen atoms in total. The standard InChI is InChI=1S/C16H18FNO/c17-13-4-1-3-12(7-13)14(19)18-10-16(11-18)8-15(9-16)5-2-6-15/h1,3-4,7H,2,5-6,8-11H2. The Morgan fingerprint density at radius 1 is 1.16 bits per heavy atom. The van der Waals surface area contributed by atoms with Crippen molar-refractivity contribution >= 4 is 5.91 Å². The molecule has 0 N–H and O–H groups in total. The summed E-state index contributed by atoms with van der Waals surface area (Å²) in [7, 11) is 0. The predicted molar refractivity (Wildman–Crippen MR) is 70.3 cm³/mol. The molecular formula is C16H18FNO. The molecule has 0 bridgehead atoms. The van der Waals surface area contributed by atoms with Gasteiger partial charge in [-0.05, 0) is 49.3 Å². The first-order valence-electron chi connectivity index (χ1n) is 7.15. The lowest BCUT2D eigenvalue weighted by atomic mass is 9.43. The van der Waals surface area contributed by atoms with Gasteiger partial charge in [-0.3, -0.25) is 4.79 Å². The van der Waals surface area contributed by atoms with Crippen LogP contribution >= 0.6 is 0 Å². The van der Waals surface area contributed by atoms with E-state index in [1.165, 1.54) is 44.2 Å². The second-order valence-corrected chi connectivity index (χ2v) is 6.88. The van der Waals surface area contributed by atoms with E-state index < -0.39 is 0 Å². The summed E-state index contributed by atoms with van der Waals surface area (Å²) in [6.07, 6.45) is 6.81. The second-order valence-electron chi connectivity index (χ2n) is 6.88. The number of halogens is 1. The third-order valence-corrected chi connectivity index (χ3v) is 5.33. The van der Waals surface area contributed by atoms with Crippen LogP contribution in [0.15, 0.2) is 24.3 Å². The van der Waals surface area contributed by atoms with Crippen molar-refractivity contribution in [3.63, 3.8) is 0 Å². The Bertz CT molecular complexity index is 533. The van der Waals surface area contributed by atoms with Crippen LogP contribution in [-0.4, -0.2) is 23.9 Å². The van der Waals surface area contributed by atoms with Crippen LogP contribution in [0, 0.1) is 16.6 Å². The molecule has 19 heavy (non-hydrogen) atoms. The van der Waals surface area contributed by atoms with Crippen molar-refractivity contribution in [2.75, 3.05) is 13.1 Å². The first-order chi connectivity index (χ1) is 9.10. The average molecular weight is 259 g/mol. The van der Waals surface area contributed by atoms with Crippen molar-refractivity contribution < 1.29 is 9.18 Å². The lowest BCUT2D eigenvalue weighted by Gasteiger charge is -2.67. The SMILES string of the molecule is O=C(c1cccc(F)c1)N1CC2(C1)CC1(CCC1)C2. The molecule has 1 heterocycles. The van der Waals surface area contributed by atoms with Crippen LogP contribution in [-0.2, 0) is 0 Å². The molecule has 1 aliphatic heterocycles. The van der Waals surface area contributed by atoms with E-state index in [0.717, 1.165) is 13.1 Å². The summed E-state index contributed by atoms with van der Waals surface area (Å²) in [6, 6.07) is 6.01. The molecule has 0 atom stereocenters. The van der Waals surface area contributed by atoms with Crippen molar-refractivity contribution in [2.45, 2.75) is 32.1 Å². The zero-order chi connectivity index (χ0) is 13.1. The van der Waals surface area contributed by atoms with Crippen molar-refractivity contribution in [1.82, 2.24) is 4.90 Å². The number of nitrogens with zero attached hydrogens (tertiary/aromatic N) is 1. The number of likely N-dealkylation sites (tertiary alicyclic amines) is 1. The molecule has 2 saturated carbocycles. The maximum atomic E-state index is 13.1. The average Bonchev–Trinajstić information content (AvgIpc) is 2.23. The third-order valence-electron chi connectivity index (χ3n) is 5.33. The van der Waals surface area contributed by atoms with Crippen LogP contribution in [0.1, 0.15) is 42.5 Å². The number of amides is 1. The molecule has 1 saturated heterocycles. The van der Waals surface area contributed by atoms with E-state index in [0.29, 0.717) is 16.4 Å². The Labute approximate surface area is 112 Å². The fourth-order valence-electron chi connectivity index (χ4n) is 4.50. The summed E-state index contributed by atoms with van der Waals surface area (Å²) in [4.78, 5) is 14.1. The fraction of sp³-hybridized carbons (Fsp3) is 0.562. The largest absolute Gasteiger partial charge is 0.337 e. The Kier molecular flexibility index (Phi) is 2.16. The van der Waals surface area contributed by atoms with Gasteiger partial charge in [0, 0.05) is 24.1 Å². The minimum atomic E-state index is -0.335. The number of hydrogen-bond donors (Lipinski definition) is 0. The topological polar surface area (TPSA) is 20.3 Å². The van der Waals surface area contributed by atoms with Gasteiger partial charge in [-0.2, -0.15) is 0 Å². The molecule has 2 aliphatic carbocycles. The zero-order valence-electron chi connectivity index (χ0n) is 11.0. The summed E-state index contributed by atoms with van der Waals surface area (Å²) in [5, 5.41) is 0. The van der Waals surface area contributed by atoms with Crippen molar-refractivity contribution in [1.29, 1.82) is 0 Å². The lowest BCUT2D eigenvalue weighted by molar-refractivity contribution is -0.161. The number of rotatable bonds is 1. The van der Waals surface area contributed by atoms with Crippen LogP contribution in [0.5, 0.6) is 0 Å². The molecule has 3 fully saturated rings. The van der Waals surface area contributed by atoms with Crippen LogP contribution in [0.4, 0.5) is 4.39 Å². The minimum absolute atomic E-state index is 0.0142. The molecule has 2 spiro atoms. The lowest BCUT2D eigenvalue weighted by Crippen LogP contribution is -2.67. The molecule has 3 aliphatic rings. The van der Waals surface area contributed by atoms with E-state index in [2.05, 4.69) is 0 Å². The first kappa shape index (κ1) is 11.4. The monoisotopic (exact) mass is 259 g/mol. The Morgan fingerprint density at radius 3 is 2.47 bits per heavy atom. The third kappa shape index (κ3) is 1.63. The van der Waals surface area contributed by atoms with Gasteiger partial charge in [-0.1, -0.05) is 12.5 Å². The van der Waals surface area contributed by atoms with Gasteiger partial charge in [-0.25, -0.2) is 4.39 Å². The number of hydrogen-bond acceptors (Lipinski definition) is 1. The molecule has 1 amide bonds. The van der Waals surface area contributed by atoms with E-state index in [1.54, 1.807) is 12.1 Å². The van der Waals surface area contributed by atoms with Crippen LogP contribution < -0.4 is 0 Å². The summed E-state index contributed by atoms with van der Waals surface area (Å²) >= 11 is 0. The van der Waals surface area contributed by atoms with Crippen molar-refractivity contribution in [3.05, 3.63) is 35.6 Å². The maximum absolute atomic E-state index is 13.1. The molecule has 0 aromatic heterocycles. The van der Waals surface area contributed by atoms with E-state index >= 15 is 0 Å². The Hall–Kier alpha value is -1.38. The molecule has 1 aromatic rings. The number of carbonyl (C=O) groups excluding carboxylic acids is 1. The van der Waals surface area contributed by atoms with Gasteiger partial charge in [0.05, 0.1) is 0 Å². The fourth-order valence-corrected chi connectivity index (χ4v) is 4.50. The summed E-state index contributed by atoms with van der Waals surface area (Å²) in [5.41, 5.74) is 1.56. The molecule has 0 unspecified atom stereocenters. The first-order valence-corrected chi connectivity index (χ1v) is 7.15. The Balaban J connectivity index is 1.40. The molecular weight excluding hydrogens is 241 g/mol. The van der Waals surface area contributed by atoms with Crippen molar-refractivity contribution in [3.8, 4) is 0 Å². The molecule has 100 valence electrons. The normalized spacial score (nSPS) is 25.6. The van der Waals surface area contributed by atoms with E-state index in [-0.39, 0.29) is 11.7 Å². The summed E-state index contributed by atoms with van der Waals surface area (Å²) in [6.45, 7) is 1.76. The van der Waals surface area contributed by atoms with E-state index in [4.69, 9.17) is 0 Å². The quantitative estimate of drug-likeness (QED) is 0.758. The summed E-state index contributed by atoms with van der Waals surface area (Å²) in [5.74, 6) is -0.349. The van der Waals surface area contributed by atoms with Gasteiger partial charge >= 0.3 is 0 Å². The highest BCUT2D eigenvalue weighted by Crippen LogP contribution is 2.67. The van der Waals surface area contributed by atoms with Crippen LogP contribution in [0.25, 0.3) is 0 Å². The highest BCUT2D eigenvalue weighted by Gasteiger charge is 2.62. The molecule has 3 heteroatoms. The number of carbonyl (C=O) groups is 1. The van der Waals surface area contributed by atoms with Gasteiger partial charge in [0.2, 0.25) is 0 Å². The van der Waals surface area contributed by atoms with E-state index in [1.807, 2.05) is 4.90 Å². The summed E-state index contributed by atoms with van der Waals surface area (Å²) < 4.78 is 13.1. The second kappa shape index (κ2) is 3.59. The Morgan fingerprint density at radius 2 is 1.89 bits per heavy atom. The van der Waals surface area contributed by atoms with Gasteiger partial charge in [0.15, 0.2) is 0 Å². The molecule has 4 rings (SSSR count). The van der Waals surface area contributed by atoms with Gasteiger partial charge in [0.25, 0.3) is 5.91 Å². The van der Waals surface area contributed by atoms with Gasteiger partial charge in [0.1, 0.15) is 5.82 Å². The van der Waals surface area contributed by atoms with Crippen LogP contribution in [0.3, 0.4) is 0 Å². The maximum Gasteiger partial charge on any atom is 0.253 e. The highest BCUT2D eigenvalue weighted by atomic mass is 19.1. The zero-order valence-corrected chi connectivity index (χ0v) is 11.0. The van der Waals surface area contributed by atoms with Gasteiger partial charge < -0.3 is 4.90 Å². The predicted octanol–water partition coefficient (Wildman–Crippen LogP) is 3.23. The van der Waals surface area contributed by atoms with E-state index in [9.17, 15) is 9.18 Å². The molecule has 0 radical (unpaired) electrons. The highest BCUT2D eigenvalue weighted by molar-refractivity contribution is 5.94.